The van der Waals surface area contributed by atoms with Crippen LogP contribution in [0.1, 0.15) is 19.8 Å². The lowest BCUT2D eigenvalue weighted by Gasteiger charge is -2.22. The first-order chi connectivity index (χ1) is 6.13. The number of hydrogen-bond donors (Lipinski definition) is 1. The molecule has 1 amide bonds. The molecule has 0 saturated heterocycles. The van der Waals surface area contributed by atoms with Gasteiger partial charge in [-0.25, -0.2) is 0 Å². The lowest BCUT2D eigenvalue weighted by Crippen LogP contribution is -2.40. The van der Waals surface area contributed by atoms with E-state index in [-0.39, 0.29) is 23.5 Å². The van der Waals surface area contributed by atoms with E-state index in [2.05, 4.69) is 5.32 Å². The van der Waals surface area contributed by atoms with Crippen molar-refractivity contribution in [3.63, 3.8) is 0 Å². The van der Waals surface area contributed by atoms with Gasteiger partial charge in [0.1, 0.15) is 5.78 Å². The van der Waals surface area contributed by atoms with Crippen molar-refractivity contribution in [1.82, 2.24) is 5.32 Å². The Balaban J connectivity index is 2.19. The Kier molecular flexibility index (Phi) is 3.02. The van der Waals surface area contributed by atoms with Crippen molar-refractivity contribution in [1.29, 1.82) is 5.26 Å². The minimum absolute atomic E-state index is 0.0956. The highest BCUT2D eigenvalue weighted by atomic mass is 16.2. The van der Waals surface area contributed by atoms with E-state index in [1.807, 2.05) is 6.07 Å². The van der Waals surface area contributed by atoms with Crippen molar-refractivity contribution in [3.8, 4) is 6.07 Å². The second-order valence-corrected chi connectivity index (χ2v) is 3.42. The van der Waals surface area contributed by atoms with Gasteiger partial charge in [-0.15, -0.1) is 0 Å². The first kappa shape index (κ1) is 9.72. The minimum atomic E-state index is -0.167. The van der Waals surface area contributed by atoms with E-state index in [4.69, 9.17) is 5.26 Å². The number of Topliss-reactive ketones (excluding diaryl/α,β-unsaturated/α-hetero) is 1. The number of ketones is 1. The quantitative estimate of drug-likeness (QED) is 0.676. The SMILES string of the molecule is CC(C#N)CNC(=O)C1CC(=O)C1. The maximum absolute atomic E-state index is 11.2. The van der Waals surface area contributed by atoms with Crippen molar-refractivity contribution in [2.45, 2.75) is 19.8 Å². The molecule has 1 rings (SSSR count). The molecule has 0 aromatic heterocycles. The van der Waals surface area contributed by atoms with Crippen LogP contribution in [0.3, 0.4) is 0 Å². The number of rotatable bonds is 3. The fourth-order valence-corrected chi connectivity index (χ4v) is 1.12. The number of nitriles is 1. The molecule has 70 valence electrons. The highest BCUT2D eigenvalue weighted by Gasteiger charge is 2.32. The molecule has 0 radical (unpaired) electrons. The minimum Gasteiger partial charge on any atom is -0.355 e. The largest absolute Gasteiger partial charge is 0.355 e. The van der Waals surface area contributed by atoms with E-state index < -0.39 is 0 Å². The third-order valence-electron chi connectivity index (χ3n) is 2.12. The molecule has 0 aromatic rings. The summed E-state index contributed by atoms with van der Waals surface area (Å²) in [6, 6.07) is 2.02. The predicted octanol–water partition coefficient (Wildman–Crippen LogP) is 0.241. The Bertz CT molecular complexity index is 259. The molecule has 1 atom stereocenters. The summed E-state index contributed by atoms with van der Waals surface area (Å²) in [7, 11) is 0. The van der Waals surface area contributed by atoms with Crippen LogP contribution in [0.4, 0.5) is 0 Å². The lowest BCUT2D eigenvalue weighted by molar-refractivity contribution is -0.138. The van der Waals surface area contributed by atoms with E-state index in [1.54, 1.807) is 6.92 Å². The van der Waals surface area contributed by atoms with Crippen molar-refractivity contribution in [3.05, 3.63) is 0 Å². The number of amides is 1. The summed E-state index contributed by atoms with van der Waals surface area (Å²) < 4.78 is 0. The summed E-state index contributed by atoms with van der Waals surface area (Å²) in [4.78, 5) is 21.8. The van der Waals surface area contributed by atoms with Gasteiger partial charge in [0.2, 0.25) is 5.91 Å². The summed E-state index contributed by atoms with van der Waals surface area (Å²) in [5, 5.41) is 11.1. The van der Waals surface area contributed by atoms with Gasteiger partial charge < -0.3 is 5.32 Å². The zero-order valence-corrected chi connectivity index (χ0v) is 7.54. The number of carbonyl (C=O) groups is 2. The van der Waals surface area contributed by atoms with E-state index in [9.17, 15) is 9.59 Å². The second kappa shape index (κ2) is 4.04. The van der Waals surface area contributed by atoms with Crippen LogP contribution in [0.25, 0.3) is 0 Å². The monoisotopic (exact) mass is 180 g/mol. The molecule has 0 aliphatic heterocycles. The van der Waals surface area contributed by atoms with Crippen LogP contribution in [-0.2, 0) is 9.59 Å². The van der Waals surface area contributed by atoms with Gasteiger partial charge in [-0.2, -0.15) is 5.26 Å². The summed E-state index contributed by atoms with van der Waals surface area (Å²) >= 11 is 0. The molecule has 1 aliphatic carbocycles. The van der Waals surface area contributed by atoms with Gasteiger partial charge in [-0.05, 0) is 6.92 Å². The molecule has 4 nitrogen and oxygen atoms in total. The van der Waals surface area contributed by atoms with Gasteiger partial charge in [0.15, 0.2) is 0 Å². The Morgan fingerprint density at radius 3 is 2.85 bits per heavy atom. The molecule has 0 bridgehead atoms. The molecule has 1 N–H and O–H groups in total. The van der Waals surface area contributed by atoms with E-state index in [0.29, 0.717) is 19.4 Å². The van der Waals surface area contributed by atoms with Crippen LogP contribution in [0.15, 0.2) is 0 Å². The molecule has 1 saturated carbocycles. The Labute approximate surface area is 76.9 Å². The molecular formula is C9H12N2O2. The van der Waals surface area contributed by atoms with E-state index >= 15 is 0 Å². The molecule has 0 aromatic carbocycles. The highest BCUT2D eigenvalue weighted by molar-refractivity contribution is 5.96. The molecular weight excluding hydrogens is 168 g/mol. The van der Waals surface area contributed by atoms with Gasteiger partial charge >= 0.3 is 0 Å². The van der Waals surface area contributed by atoms with Crippen LogP contribution in [0.5, 0.6) is 0 Å². The Hall–Kier alpha value is -1.37. The summed E-state index contributed by atoms with van der Waals surface area (Å²) in [5.41, 5.74) is 0. The lowest BCUT2D eigenvalue weighted by atomic mass is 9.83. The zero-order chi connectivity index (χ0) is 9.84. The summed E-state index contributed by atoms with van der Waals surface area (Å²) in [6.07, 6.45) is 0.736. The van der Waals surface area contributed by atoms with Crippen molar-refractivity contribution >= 4 is 11.7 Å². The van der Waals surface area contributed by atoms with Gasteiger partial charge in [-0.1, -0.05) is 0 Å². The van der Waals surface area contributed by atoms with Crippen LogP contribution in [0, 0.1) is 23.2 Å². The third-order valence-corrected chi connectivity index (χ3v) is 2.12. The van der Waals surface area contributed by atoms with Crippen molar-refractivity contribution < 1.29 is 9.59 Å². The Morgan fingerprint density at radius 2 is 2.38 bits per heavy atom. The fourth-order valence-electron chi connectivity index (χ4n) is 1.12. The first-order valence-electron chi connectivity index (χ1n) is 4.32. The van der Waals surface area contributed by atoms with Crippen LogP contribution < -0.4 is 5.32 Å². The second-order valence-electron chi connectivity index (χ2n) is 3.42. The maximum atomic E-state index is 11.2. The number of carbonyl (C=O) groups excluding carboxylic acids is 2. The smallest absolute Gasteiger partial charge is 0.224 e. The van der Waals surface area contributed by atoms with Gasteiger partial charge in [-0.3, -0.25) is 9.59 Å². The molecule has 1 aliphatic rings. The molecule has 1 fully saturated rings. The Morgan fingerprint density at radius 1 is 1.77 bits per heavy atom. The predicted molar refractivity (Wildman–Crippen MR) is 45.5 cm³/mol. The standard InChI is InChI=1S/C9H12N2O2/c1-6(4-10)5-11-9(13)7-2-8(12)3-7/h6-7H,2-3,5H2,1H3,(H,11,13). The third kappa shape index (κ3) is 2.55. The number of hydrogen-bond acceptors (Lipinski definition) is 3. The first-order valence-corrected chi connectivity index (χ1v) is 4.32. The topological polar surface area (TPSA) is 70.0 Å². The fraction of sp³-hybridized carbons (Fsp3) is 0.667. The van der Waals surface area contributed by atoms with Gasteiger partial charge in [0, 0.05) is 19.4 Å². The molecule has 0 heterocycles. The van der Waals surface area contributed by atoms with Crippen LogP contribution in [0.2, 0.25) is 0 Å². The average Bonchev–Trinajstić information content (AvgIpc) is 2.08. The van der Waals surface area contributed by atoms with E-state index in [0.717, 1.165) is 0 Å². The summed E-state index contributed by atoms with van der Waals surface area (Å²) in [6.45, 7) is 2.12. The average molecular weight is 180 g/mol. The highest BCUT2D eigenvalue weighted by Crippen LogP contribution is 2.22. The van der Waals surface area contributed by atoms with E-state index in [1.165, 1.54) is 0 Å². The normalized spacial score (nSPS) is 18.6. The van der Waals surface area contributed by atoms with Crippen molar-refractivity contribution in [2.24, 2.45) is 11.8 Å². The van der Waals surface area contributed by atoms with Crippen LogP contribution in [-0.4, -0.2) is 18.2 Å². The molecule has 1 unspecified atom stereocenters. The zero-order valence-electron chi connectivity index (χ0n) is 7.54. The molecule has 4 heteroatoms. The number of nitrogens with one attached hydrogen (secondary N) is 1. The maximum Gasteiger partial charge on any atom is 0.224 e. The van der Waals surface area contributed by atoms with Crippen molar-refractivity contribution in [2.75, 3.05) is 6.54 Å². The molecule has 13 heavy (non-hydrogen) atoms. The van der Waals surface area contributed by atoms with Gasteiger partial charge in [0.25, 0.3) is 0 Å². The van der Waals surface area contributed by atoms with Gasteiger partial charge in [0.05, 0.1) is 17.9 Å². The molecule has 0 spiro atoms. The summed E-state index contributed by atoms with van der Waals surface area (Å²) in [5.74, 6) is -0.256. The van der Waals surface area contributed by atoms with Crippen LogP contribution >= 0.6 is 0 Å². The number of nitrogens with zero attached hydrogens (tertiary/aromatic N) is 1.